The summed E-state index contributed by atoms with van der Waals surface area (Å²) in [4.78, 5) is 16.2. The summed E-state index contributed by atoms with van der Waals surface area (Å²) in [6.07, 6.45) is 0. The van der Waals surface area contributed by atoms with Gasteiger partial charge in [0.15, 0.2) is 0 Å². The number of benzene rings is 2. The summed E-state index contributed by atoms with van der Waals surface area (Å²) in [5, 5.41) is 3.66. The van der Waals surface area contributed by atoms with Crippen molar-refractivity contribution >= 4 is 34.9 Å². The Morgan fingerprint density at radius 2 is 1.76 bits per heavy atom. The number of carbonyl (C=O) groups excluding carboxylic acids is 1. The molecule has 0 saturated carbocycles. The quantitative estimate of drug-likeness (QED) is 0.850. The van der Waals surface area contributed by atoms with Gasteiger partial charge in [0.1, 0.15) is 5.82 Å². The zero-order chi connectivity index (χ0) is 17.8. The fourth-order valence-electron chi connectivity index (χ4n) is 2.75. The van der Waals surface area contributed by atoms with Crippen molar-refractivity contribution in [2.45, 2.75) is 6.54 Å². The van der Waals surface area contributed by atoms with Crippen LogP contribution in [0.1, 0.15) is 5.56 Å². The Morgan fingerprint density at radius 3 is 2.44 bits per heavy atom. The Kier molecular flexibility index (Phi) is 5.78. The van der Waals surface area contributed by atoms with Crippen LogP contribution in [0.3, 0.4) is 0 Å². The van der Waals surface area contributed by atoms with Crippen molar-refractivity contribution in [2.75, 3.05) is 31.5 Å². The normalized spacial score (nSPS) is 15.2. The number of rotatable bonds is 3. The highest BCUT2D eigenvalue weighted by molar-refractivity contribution is 6.42. The van der Waals surface area contributed by atoms with Crippen LogP contribution in [0.15, 0.2) is 42.5 Å². The zero-order valence-electron chi connectivity index (χ0n) is 13.5. The number of piperazine rings is 1. The molecule has 1 heterocycles. The van der Waals surface area contributed by atoms with Gasteiger partial charge in [-0.25, -0.2) is 9.18 Å². The van der Waals surface area contributed by atoms with Crippen LogP contribution in [0.25, 0.3) is 0 Å². The summed E-state index contributed by atoms with van der Waals surface area (Å²) in [6.45, 7) is 3.12. The molecule has 0 bridgehead atoms. The summed E-state index contributed by atoms with van der Waals surface area (Å²) >= 11 is 11.8. The summed E-state index contributed by atoms with van der Waals surface area (Å²) in [5.41, 5.74) is 1.28. The van der Waals surface area contributed by atoms with E-state index < -0.39 is 0 Å². The lowest BCUT2D eigenvalue weighted by Crippen LogP contribution is -2.49. The largest absolute Gasteiger partial charge is 0.322 e. The van der Waals surface area contributed by atoms with Gasteiger partial charge in [-0.05, 0) is 24.3 Å². The Hall–Kier alpha value is -1.82. The highest BCUT2D eigenvalue weighted by atomic mass is 35.5. The SMILES string of the molecule is O=C(Nc1ccc(Cl)c(Cl)c1)N1CCN(Cc2ccccc2F)CC1. The molecule has 1 aliphatic heterocycles. The van der Waals surface area contributed by atoms with Crippen LogP contribution in [0, 0.1) is 5.82 Å². The third kappa shape index (κ3) is 4.63. The minimum atomic E-state index is -0.192. The first-order valence-electron chi connectivity index (χ1n) is 7.99. The van der Waals surface area contributed by atoms with Gasteiger partial charge in [-0.15, -0.1) is 0 Å². The summed E-state index contributed by atoms with van der Waals surface area (Å²) in [6, 6.07) is 11.6. The fourth-order valence-corrected chi connectivity index (χ4v) is 3.05. The monoisotopic (exact) mass is 381 g/mol. The van der Waals surface area contributed by atoms with Gasteiger partial charge in [0.2, 0.25) is 0 Å². The van der Waals surface area contributed by atoms with Crippen LogP contribution in [-0.4, -0.2) is 42.0 Å². The predicted octanol–water partition coefficient (Wildman–Crippen LogP) is 4.48. The van der Waals surface area contributed by atoms with Crippen molar-refractivity contribution in [1.29, 1.82) is 0 Å². The van der Waals surface area contributed by atoms with Crippen molar-refractivity contribution in [3.8, 4) is 0 Å². The van der Waals surface area contributed by atoms with Crippen LogP contribution >= 0.6 is 23.2 Å². The molecule has 0 unspecified atom stereocenters. The van der Waals surface area contributed by atoms with Crippen LogP contribution in [0.2, 0.25) is 10.0 Å². The number of nitrogens with zero attached hydrogens (tertiary/aromatic N) is 2. The highest BCUT2D eigenvalue weighted by Gasteiger charge is 2.21. The fraction of sp³-hybridized carbons (Fsp3) is 0.278. The number of halogens is 3. The molecule has 25 heavy (non-hydrogen) atoms. The van der Waals surface area contributed by atoms with E-state index in [1.54, 1.807) is 35.2 Å². The smallest absolute Gasteiger partial charge is 0.321 e. The lowest BCUT2D eigenvalue weighted by molar-refractivity contribution is 0.142. The van der Waals surface area contributed by atoms with Crippen molar-refractivity contribution in [3.05, 3.63) is 63.9 Å². The van der Waals surface area contributed by atoms with Crippen molar-refractivity contribution < 1.29 is 9.18 Å². The standard InChI is InChI=1S/C18H18Cl2FN3O/c19-15-6-5-14(11-16(15)20)22-18(25)24-9-7-23(8-10-24)12-13-3-1-2-4-17(13)21/h1-6,11H,7-10,12H2,(H,22,25). The number of hydrogen-bond donors (Lipinski definition) is 1. The van der Waals surface area contributed by atoms with Gasteiger partial charge in [0, 0.05) is 44.0 Å². The van der Waals surface area contributed by atoms with E-state index in [4.69, 9.17) is 23.2 Å². The van der Waals surface area contributed by atoms with E-state index in [2.05, 4.69) is 10.2 Å². The van der Waals surface area contributed by atoms with Crippen molar-refractivity contribution in [1.82, 2.24) is 9.80 Å². The van der Waals surface area contributed by atoms with E-state index in [-0.39, 0.29) is 11.8 Å². The van der Waals surface area contributed by atoms with Crippen LogP contribution in [-0.2, 0) is 6.54 Å². The number of carbonyl (C=O) groups is 1. The number of nitrogens with one attached hydrogen (secondary N) is 1. The molecule has 132 valence electrons. The molecular formula is C18H18Cl2FN3O. The average Bonchev–Trinajstić information content (AvgIpc) is 2.61. The topological polar surface area (TPSA) is 35.6 Å². The van der Waals surface area contributed by atoms with Crippen LogP contribution in [0.4, 0.5) is 14.9 Å². The number of amides is 2. The summed E-state index contributed by atoms with van der Waals surface area (Å²) in [5.74, 6) is -0.192. The van der Waals surface area contributed by atoms with Crippen molar-refractivity contribution in [2.24, 2.45) is 0 Å². The number of urea groups is 1. The molecule has 4 nitrogen and oxygen atoms in total. The highest BCUT2D eigenvalue weighted by Crippen LogP contribution is 2.25. The Labute approximate surface area is 156 Å². The number of anilines is 1. The molecule has 0 atom stereocenters. The first kappa shape index (κ1) is 18.0. The molecule has 0 aromatic heterocycles. The molecule has 0 aliphatic carbocycles. The maximum absolute atomic E-state index is 13.7. The van der Waals surface area contributed by atoms with Gasteiger partial charge in [-0.2, -0.15) is 0 Å². The summed E-state index contributed by atoms with van der Waals surface area (Å²) in [7, 11) is 0. The van der Waals surface area contributed by atoms with Crippen molar-refractivity contribution in [3.63, 3.8) is 0 Å². The molecule has 1 saturated heterocycles. The molecule has 3 rings (SSSR count). The molecule has 7 heteroatoms. The first-order chi connectivity index (χ1) is 12.0. The van der Waals surface area contributed by atoms with Gasteiger partial charge < -0.3 is 10.2 Å². The van der Waals surface area contributed by atoms with Gasteiger partial charge in [0.25, 0.3) is 0 Å². The Bertz CT molecular complexity index is 764. The zero-order valence-corrected chi connectivity index (χ0v) is 15.0. The molecule has 2 amide bonds. The molecule has 0 spiro atoms. The van der Waals surface area contributed by atoms with E-state index in [9.17, 15) is 9.18 Å². The predicted molar refractivity (Wildman–Crippen MR) is 98.7 cm³/mol. The van der Waals surface area contributed by atoms with Gasteiger partial charge in [-0.1, -0.05) is 41.4 Å². The third-order valence-corrected chi connectivity index (χ3v) is 4.92. The molecule has 1 fully saturated rings. The van der Waals surface area contributed by atoms with Gasteiger partial charge >= 0.3 is 6.03 Å². The third-order valence-electron chi connectivity index (χ3n) is 4.18. The Balaban J connectivity index is 1.52. The average molecular weight is 382 g/mol. The first-order valence-corrected chi connectivity index (χ1v) is 8.75. The molecule has 2 aromatic rings. The second kappa shape index (κ2) is 8.04. The van der Waals surface area contributed by atoms with Crippen LogP contribution < -0.4 is 5.32 Å². The van der Waals surface area contributed by atoms with E-state index >= 15 is 0 Å². The van der Waals surface area contributed by atoms with E-state index in [0.29, 0.717) is 54.0 Å². The maximum atomic E-state index is 13.7. The molecule has 0 radical (unpaired) electrons. The molecule has 1 N–H and O–H groups in total. The van der Waals surface area contributed by atoms with Gasteiger partial charge in [0.05, 0.1) is 10.0 Å². The second-order valence-corrected chi connectivity index (χ2v) is 6.73. The number of hydrogen-bond acceptors (Lipinski definition) is 2. The summed E-state index contributed by atoms with van der Waals surface area (Å²) < 4.78 is 13.7. The van der Waals surface area contributed by atoms with Gasteiger partial charge in [-0.3, -0.25) is 4.90 Å². The second-order valence-electron chi connectivity index (χ2n) is 5.91. The minimum absolute atomic E-state index is 0.177. The van der Waals surface area contributed by atoms with E-state index in [1.165, 1.54) is 6.07 Å². The van der Waals surface area contributed by atoms with E-state index in [1.807, 2.05) is 6.07 Å². The van der Waals surface area contributed by atoms with Crippen LogP contribution in [0.5, 0.6) is 0 Å². The lowest BCUT2D eigenvalue weighted by Gasteiger charge is -2.34. The molecule has 2 aromatic carbocycles. The maximum Gasteiger partial charge on any atom is 0.321 e. The Morgan fingerprint density at radius 1 is 1.04 bits per heavy atom. The van der Waals surface area contributed by atoms with E-state index in [0.717, 1.165) is 0 Å². The molecule has 1 aliphatic rings. The minimum Gasteiger partial charge on any atom is -0.322 e. The molecular weight excluding hydrogens is 364 g/mol. The lowest BCUT2D eigenvalue weighted by atomic mass is 10.2.